The molecule has 1 aliphatic rings. The number of hydrogen-bond acceptors (Lipinski definition) is 1. The van der Waals surface area contributed by atoms with Gasteiger partial charge in [-0.2, -0.15) is 0 Å². The van der Waals surface area contributed by atoms with Crippen LogP contribution in [-0.4, -0.2) is 0 Å². The van der Waals surface area contributed by atoms with Crippen LogP contribution < -0.4 is 5.73 Å². The van der Waals surface area contributed by atoms with E-state index < -0.39 is 0 Å². The second kappa shape index (κ2) is 4.17. The highest BCUT2D eigenvalue weighted by Gasteiger charge is 2.33. The molecule has 0 aliphatic heterocycles. The molecule has 16 heavy (non-hydrogen) atoms. The Balaban J connectivity index is 2.48. The van der Waals surface area contributed by atoms with Crippen molar-refractivity contribution in [3.05, 3.63) is 35.1 Å². The van der Waals surface area contributed by atoms with Gasteiger partial charge in [0.05, 0.1) is 0 Å². The summed E-state index contributed by atoms with van der Waals surface area (Å²) in [5, 5.41) is 0. The fourth-order valence-corrected chi connectivity index (χ4v) is 2.74. The first kappa shape index (κ1) is 11.6. The second-order valence-corrected chi connectivity index (χ2v) is 5.25. The van der Waals surface area contributed by atoms with Gasteiger partial charge in [0.15, 0.2) is 0 Å². The molecule has 0 heterocycles. The molecular weight excluding hydrogens is 201 g/mol. The molecule has 0 amide bonds. The lowest BCUT2D eigenvalue weighted by atomic mass is 9.82. The van der Waals surface area contributed by atoms with E-state index in [0.717, 1.165) is 31.2 Å². The van der Waals surface area contributed by atoms with Crippen LogP contribution in [-0.2, 0) is 5.54 Å². The van der Waals surface area contributed by atoms with E-state index in [1.54, 1.807) is 6.07 Å². The van der Waals surface area contributed by atoms with Crippen molar-refractivity contribution in [2.75, 3.05) is 0 Å². The highest BCUT2D eigenvalue weighted by atomic mass is 19.1. The Labute approximate surface area is 96.9 Å². The molecule has 1 aromatic rings. The molecule has 1 saturated carbocycles. The predicted molar refractivity (Wildman–Crippen MR) is 64.8 cm³/mol. The van der Waals surface area contributed by atoms with Gasteiger partial charge in [0, 0.05) is 5.54 Å². The van der Waals surface area contributed by atoms with Gasteiger partial charge >= 0.3 is 0 Å². The van der Waals surface area contributed by atoms with Crippen LogP contribution >= 0.6 is 0 Å². The normalized spacial score (nSPS) is 19.3. The minimum Gasteiger partial charge on any atom is -0.321 e. The smallest absolute Gasteiger partial charge is 0.123 e. The molecule has 1 nitrogen and oxygen atoms in total. The SMILES string of the molecule is CC(C)c1ccc(F)cc1C1(N)CCCC1. The van der Waals surface area contributed by atoms with Gasteiger partial charge in [0.2, 0.25) is 0 Å². The predicted octanol–water partition coefficient (Wildman–Crippen LogP) is 3.68. The zero-order valence-corrected chi connectivity index (χ0v) is 10.1. The topological polar surface area (TPSA) is 26.0 Å². The first-order valence-electron chi connectivity index (χ1n) is 6.12. The van der Waals surface area contributed by atoms with E-state index >= 15 is 0 Å². The summed E-state index contributed by atoms with van der Waals surface area (Å²) >= 11 is 0. The van der Waals surface area contributed by atoms with Crippen LogP contribution in [0.3, 0.4) is 0 Å². The molecule has 2 N–H and O–H groups in total. The maximum Gasteiger partial charge on any atom is 0.123 e. The van der Waals surface area contributed by atoms with Gasteiger partial charge in [0.25, 0.3) is 0 Å². The van der Waals surface area contributed by atoms with E-state index in [1.807, 2.05) is 6.07 Å². The molecule has 0 unspecified atom stereocenters. The molecule has 1 aliphatic carbocycles. The van der Waals surface area contributed by atoms with Crippen molar-refractivity contribution >= 4 is 0 Å². The molecule has 0 radical (unpaired) electrons. The summed E-state index contributed by atoms with van der Waals surface area (Å²) in [7, 11) is 0. The van der Waals surface area contributed by atoms with Crippen molar-refractivity contribution in [2.24, 2.45) is 5.73 Å². The molecule has 0 aromatic heterocycles. The van der Waals surface area contributed by atoms with Crippen molar-refractivity contribution < 1.29 is 4.39 Å². The Kier molecular flexibility index (Phi) is 3.02. The molecule has 0 atom stereocenters. The minimum atomic E-state index is -0.290. The highest BCUT2D eigenvalue weighted by molar-refractivity contribution is 5.36. The van der Waals surface area contributed by atoms with Crippen molar-refractivity contribution in [1.29, 1.82) is 0 Å². The van der Waals surface area contributed by atoms with Gasteiger partial charge in [-0.05, 0) is 42.0 Å². The third-order valence-corrected chi connectivity index (χ3v) is 3.67. The van der Waals surface area contributed by atoms with Crippen molar-refractivity contribution in [3.63, 3.8) is 0 Å². The summed E-state index contributed by atoms with van der Waals surface area (Å²) in [5.41, 5.74) is 8.36. The average molecular weight is 221 g/mol. The van der Waals surface area contributed by atoms with Crippen LogP contribution in [0.25, 0.3) is 0 Å². The van der Waals surface area contributed by atoms with E-state index in [4.69, 9.17) is 5.73 Å². The number of nitrogens with two attached hydrogens (primary N) is 1. The monoisotopic (exact) mass is 221 g/mol. The summed E-state index contributed by atoms with van der Waals surface area (Å²) < 4.78 is 13.4. The Morgan fingerprint density at radius 2 is 1.88 bits per heavy atom. The molecule has 0 spiro atoms. The van der Waals surface area contributed by atoms with E-state index in [2.05, 4.69) is 13.8 Å². The number of hydrogen-bond donors (Lipinski definition) is 1. The van der Waals surface area contributed by atoms with Gasteiger partial charge in [-0.1, -0.05) is 32.8 Å². The Bertz CT molecular complexity index is 378. The van der Waals surface area contributed by atoms with Crippen LogP contribution in [0.5, 0.6) is 0 Å². The molecule has 88 valence electrons. The largest absolute Gasteiger partial charge is 0.321 e. The van der Waals surface area contributed by atoms with Crippen molar-refractivity contribution in [2.45, 2.75) is 51.0 Å². The molecule has 0 bridgehead atoms. The summed E-state index contributed by atoms with van der Waals surface area (Å²) in [4.78, 5) is 0. The first-order chi connectivity index (χ1) is 7.53. The Morgan fingerprint density at radius 3 is 2.44 bits per heavy atom. The zero-order chi connectivity index (χ0) is 11.8. The summed E-state index contributed by atoms with van der Waals surface area (Å²) in [6, 6.07) is 5.07. The van der Waals surface area contributed by atoms with Gasteiger partial charge in [-0.15, -0.1) is 0 Å². The zero-order valence-electron chi connectivity index (χ0n) is 10.1. The fourth-order valence-electron chi connectivity index (χ4n) is 2.74. The molecular formula is C14H20FN. The van der Waals surface area contributed by atoms with E-state index in [-0.39, 0.29) is 11.4 Å². The third kappa shape index (κ3) is 1.99. The molecule has 2 rings (SSSR count). The van der Waals surface area contributed by atoms with E-state index in [0.29, 0.717) is 5.92 Å². The Hall–Kier alpha value is -0.890. The Morgan fingerprint density at radius 1 is 1.25 bits per heavy atom. The van der Waals surface area contributed by atoms with Crippen LogP contribution in [0.4, 0.5) is 4.39 Å². The molecule has 1 fully saturated rings. The van der Waals surface area contributed by atoms with Crippen molar-refractivity contribution in [1.82, 2.24) is 0 Å². The van der Waals surface area contributed by atoms with Gasteiger partial charge in [0.1, 0.15) is 5.82 Å². The average Bonchev–Trinajstić information content (AvgIpc) is 2.66. The number of rotatable bonds is 2. The molecule has 2 heteroatoms. The van der Waals surface area contributed by atoms with Gasteiger partial charge in [-0.3, -0.25) is 0 Å². The molecule has 0 saturated heterocycles. The van der Waals surface area contributed by atoms with Gasteiger partial charge < -0.3 is 5.73 Å². The van der Waals surface area contributed by atoms with Crippen LogP contribution in [0.1, 0.15) is 56.6 Å². The third-order valence-electron chi connectivity index (χ3n) is 3.67. The van der Waals surface area contributed by atoms with E-state index in [1.165, 1.54) is 11.6 Å². The van der Waals surface area contributed by atoms with Crippen LogP contribution in [0.15, 0.2) is 18.2 Å². The fraction of sp³-hybridized carbons (Fsp3) is 0.571. The molecule has 1 aromatic carbocycles. The maximum atomic E-state index is 13.4. The van der Waals surface area contributed by atoms with Crippen LogP contribution in [0, 0.1) is 5.82 Å². The quantitative estimate of drug-likeness (QED) is 0.810. The lowest BCUT2D eigenvalue weighted by Gasteiger charge is -2.28. The van der Waals surface area contributed by atoms with Crippen LogP contribution in [0.2, 0.25) is 0 Å². The second-order valence-electron chi connectivity index (χ2n) is 5.25. The minimum absolute atomic E-state index is 0.170. The lowest BCUT2D eigenvalue weighted by molar-refractivity contribution is 0.451. The number of benzene rings is 1. The summed E-state index contributed by atoms with van der Waals surface area (Å²) in [6.07, 6.45) is 4.28. The summed E-state index contributed by atoms with van der Waals surface area (Å²) in [6.45, 7) is 4.27. The lowest BCUT2D eigenvalue weighted by Crippen LogP contribution is -2.34. The van der Waals surface area contributed by atoms with Gasteiger partial charge in [-0.25, -0.2) is 4.39 Å². The first-order valence-corrected chi connectivity index (χ1v) is 6.12. The summed E-state index contributed by atoms with van der Waals surface area (Å²) in [5.74, 6) is 0.229. The van der Waals surface area contributed by atoms with E-state index in [9.17, 15) is 4.39 Å². The maximum absolute atomic E-state index is 13.4. The highest BCUT2D eigenvalue weighted by Crippen LogP contribution is 2.39. The van der Waals surface area contributed by atoms with Crippen molar-refractivity contribution in [3.8, 4) is 0 Å². The standard InChI is InChI=1S/C14H20FN/c1-10(2)12-6-5-11(15)9-13(12)14(16)7-3-4-8-14/h5-6,9-10H,3-4,7-8,16H2,1-2H3. The number of halogens is 1.